The van der Waals surface area contributed by atoms with Crippen LogP contribution in [-0.2, 0) is 10.0 Å². The SMILES string of the molecule is CC1CCCN(S(=O)(=O)C2CCCNC2)C1C. The van der Waals surface area contributed by atoms with Gasteiger partial charge in [0.15, 0.2) is 0 Å². The minimum Gasteiger partial charge on any atom is -0.315 e. The van der Waals surface area contributed by atoms with Gasteiger partial charge in [-0.05, 0) is 45.1 Å². The summed E-state index contributed by atoms with van der Waals surface area (Å²) in [5.74, 6) is 0.482. The smallest absolute Gasteiger partial charge is 0.218 e. The maximum absolute atomic E-state index is 12.6. The first-order valence-corrected chi connectivity index (χ1v) is 8.25. The minimum atomic E-state index is -3.10. The van der Waals surface area contributed by atoms with E-state index in [1.165, 1.54) is 0 Å². The zero-order valence-corrected chi connectivity index (χ0v) is 11.7. The third kappa shape index (κ3) is 2.66. The van der Waals surface area contributed by atoms with E-state index in [1.54, 1.807) is 4.31 Å². The number of hydrogen-bond acceptors (Lipinski definition) is 3. The molecular weight excluding hydrogens is 236 g/mol. The lowest BCUT2D eigenvalue weighted by Crippen LogP contribution is -2.52. The van der Waals surface area contributed by atoms with E-state index in [2.05, 4.69) is 19.2 Å². The van der Waals surface area contributed by atoms with E-state index in [9.17, 15) is 8.42 Å². The second kappa shape index (κ2) is 5.24. The molecule has 0 bridgehead atoms. The van der Waals surface area contributed by atoms with Crippen molar-refractivity contribution in [3.05, 3.63) is 0 Å². The van der Waals surface area contributed by atoms with E-state index in [1.807, 2.05) is 0 Å². The maximum Gasteiger partial charge on any atom is 0.218 e. The Morgan fingerprint density at radius 2 is 1.94 bits per heavy atom. The van der Waals surface area contributed by atoms with Crippen LogP contribution in [0.5, 0.6) is 0 Å². The van der Waals surface area contributed by atoms with Gasteiger partial charge >= 0.3 is 0 Å². The number of rotatable bonds is 2. The van der Waals surface area contributed by atoms with Gasteiger partial charge in [-0.25, -0.2) is 8.42 Å². The number of sulfonamides is 1. The van der Waals surface area contributed by atoms with Crippen LogP contribution in [0.15, 0.2) is 0 Å². The summed E-state index contributed by atoms with van der Waals surface area (Å²) in [5.41, 5.74) is 0. The Balaban J connectivity index is 2.13. The molecule has 5 heteroatoms. The zero-order valence-electron chi connectivity index (χ0n) is 10.9. The molecule has 100 valence electrons. The minimum absolute atomic E-state index is 0.163. The molecule has 2 aliphatic rings. The predicted molar refractivity (Wildman–Crippen MR) is 69.4 cm³/mol. The Labute approximate surface area is 105 Å². The first-order chi connectivity index (χ1) is 8.03. The Morgan fingerprint density at radius 1 is 1.18 bits per heavy atom. The summed E-state index contributed by atoms with van der Waals surface area (Å²) >= 11 is 0. The van der Waals surface area contributed by atoms with Crippen molar-refractivity contribution in [2.45, 2.75) is 50.8 Å². The highest BCUT2D eigenvalue weighted by molar-refractivity contribution is 7.89. The highest BCUT2D eigenvalue weighted by Crippen LogP contribution is 2.28. The Kier molecular flexibility index (Phi) is 4.10. The topological polar surface area (TPSA) is 49.4 Å². The van der Waals surface area contributed by atoms with Crippen LogP contribution in [-0.4, -0.2) is 43.6 Å². The van der Waals surface area contributed by atoms with Crippen molar-refractivity contribution in [2.75, 3.05) is 19.6 Å². The molecule has 0 amide bonds. The lowest BCUT2D eigenvalue weighted by atomic mass is 9.94. The molecule has 0 radical (unpaired) electrons. The summed E-state index contributed by atoms with van der Waals surface area (Å²) in [7, 11) is -3.10. The van der Waals surface area contributed by atoms with Crippen LogP contribution < -0.4 is 5.32 Å². The van der Waals surface area contributed by atoms with Gasteiger partial charge < -0.3 is 5.32 Å². The lowest BCUT2D eigenvalue weighted by Gasteiger charge is -2.39. The van der Waals surface area contributed by atoms with Gasteiger partial charge in [-0.1, -0.05) is 6.92 Å². The summed E-state index contributed by atoms with van der Waals surface area (Å²) < 4.78 is 26.9. The monoisotopic (exact) mass is 260 g/mol. The maximum atomic E-state index is 12.6. The molecule has 2 aliphatic heterocycles. The van der Waals surface area contributed by atoms with Crippen molar-refractivity contribution in [3.8, 4) is 0 Å². The molecular formula is C12H24N2O2S. The summed E-state index contributed by atoms with van der Waals surface area (Å²) in [6, 6.07) is 0.163. The van der Waals surface area contributed by atoms with Crippen LogP contribution in [0.2, 0.25) is 0 Å². The summed E-state index contributed by atoms with van der Waals surface area (Å²) in [6.07, 6.45) is 3.94. The Morgan fingerprint density at radius 3 is 2.59 bits per heavy atom. The third-order valence-electron chi connectivity index (χ3n) is 4.32. The van der Waals surface area contributed by atoms with E-state index < -0.39 is 10.0 Å². The van der Waals surface area contributed by atoms with Gasteiger partial charge in [0, 0.05) is 19.1 Å². The van der Waals surface area contributed by atoms with Crippen LogP contribution in [0.1, 0.15) is 39.5 Å². The first-order valence-electron chi connectivity index (χ1n) is 6.75. The van der Waals surface area contributed by atoms with Crippen molar-refractivity contribution < 1.29 is 8.42 Å². The van der Waals surface area contributed by atoms with Gasteiger partial charge in [0.05, 0.1) is 5.25 Å². The fraction of sp³-hybridized carbons (Fsp3) is 1.00. The lowest BCUT2D eigenvalue weighted by molar-refractivity contribution is 0.199. The predicted octanol–water partition coefficient (Wildman–Crippen LogP) is 1.19. The Hall–Kier alpha value is -0.130. The molecule has 3 atom stereocenters. The highest BCUT2D eigenvalue weighted by Gasteiger charge is 2.38. The van der Waals surface area contributed by atoms with E-state index >= 15 is 0 Å². The second-order valence-corrected chi connectivity index (χ2v) is 7.65. The van der Waals surface area contributed by atoms with Crippen molar-refractivity contribution in [2.24, 2.45) is 5.92 Å². The molecule has 3 unspecified atom stereocenters. The summed E-state index contributed by atoms with van der Waals surface area (Å²) in [6.45, 7) is 6.51. The summed E-state index contributed by atoms with van der Waals surface area (Å²) in [4.78, 5) is 0. The van der Waals surface area contributed by atoms with Gasteiger partial charge in [-0.3, -0.25) is 0 Å². The average Bonchev–Trinajstić information content (AvgIpc) is 2.33. The third-order valence-corrected chi connectivity index (χ3v) is 6.73. The van der Waals surface area contributed by atoms with Crippen LogP contribution in [0.3, 0.4) is 0 Å². The Bertz CT molecular complexity index is 350. The van der Waals surface area contributed by atoms with Crippen LogP contribution in [0, 0.1) is 5.92 Å². The molecule has 0 aliphatic carbocycles. The number of piperidine rings is 2. The molecule has 0 saturated carbocycles. The van der Waals surface area contributed by atoms with Crippen molar-refractivity contribution in [1.29, 1.82) is 0 Å². The standard InChI is InChI=1S/C12H24N2O2S/c1-10-5-4-8-14(11(10)2)17(15,16)12-6-3-7-13-9-12/h10-13H,3-9H2,1-2H3. The fourth-order valence-electron chi connectivity index (χ4n) is 2.92. The van der Waals surface area contributed by atoms with Gasteiger partial charge in [-0.15, -0.1) is 0 Å². The molecule has 17 heavy (non-hydrogen) atoms. The van der Waals surface area contributed by atoms with E-state index in [0.717, 1.165) is 32.2 Å². The van der Waals surface area contributed by atoms with Crippen LogP contribution >= 0.6 is 0 Å². The molecule has 0 aromatic carbocycles. The molecule has 2 heterocycles. The molecule has 2 saturated heterocycles. The molecule has 2 rings (SSSR count). The van der Waals surface area contributed by atoms with Crippen molar-refractivity contribution in [3.63, 3.8) is 0 Å². The summed E-state index contributed by atoms with van der Waals surface area (Å²) in [5, 5.41) is 3.00. The first kappa shape index (κ1) is 13.3. The van der Waals surface area contributed by atoms with E-state index in [0.29, 0.717) is 19.0 Å². The number of nitrogens with zero attached hydrogens (tertiary/aromatic N) is 1. The largest absolute Gasteiger partial charge is 0.315 e. The molecule has 1 N–H and O–H groups in total. The molecule has 0 aromatic heterocycles. The van der Waals surface area contributed by atoms with Gasteiger partial charge in [0.2, 0.25) is 10.0 Å². The quantitative estimate of drug-likeness (QED) is 0.811. The number of nitrogens with one attached hydrogen (secondary N) is 1. The average molecular weight is 260 g/mol. The normalized spacial score (nSPS) is 36.9. The van der Waals surface area contributed by atoms with Crippen LogP contribution in [0.25, 0.3) is 0 Å². The molecule has 0 spiro atoms. The van der Waals surface area contributed by atoms with E-state index in [-0.39, 0.29) is 11.3 Å². The zero-order chi connectivity index (χ0) is 12.5. The highest BCUT2D eigenvalue weighted by atomic mass is 32.2. The number of hydrogen-bond donors (Lipinski definition) is 1. The van der Waals surface area contributed by atoms with E-state index in [4.69, 9.17) is 0 Å². The van der Waals surface area contributed by atoms with Gasteiger partial charge in [-0.2, -0.15) is 4.31 Å². The van der Waals surface area contributed by atoms with Crippen LogP contribution in [0.4, 0.5) is 0 Å². The second-order valence-electron chi connectivity index (χ2n) is 5.48. The molecule has 0 aromatic rings. The fourth-order valence-corrected chi connectivity index (χ4v) is 5.15. The van der Waals surface area contributed by atoms with Gasteiger partial charge in [0.25, 0.3) is 0 Å². The van der Waals surface area contributed by atoms with Crippen molar-refractivity contribution in [1.82, 2.24) is 9.62 Å². The van der Waals surface area contributed by atoms with Crippen molar-refractivity contribution >= 4 is 10.0 Å². The molecule has 4 nitrogen and oxygen atoms in total. The molecule has 2 fully saturated rings. The van der Waals surface area contributed by atoms with Gasteiger partial charge in [0.1, 0.15) is 0 Å².